The molecule has 1 aliphatic rings. The van der Waals surface area contributed by atoms with E-state index in [9.17, 15) is 22.8 Å². The van der Waals surface area contributed by atoms with Crippen LogP contribution in [0.2, 0.25) is 0 Å². The molecule has 1 aromatic carbocycles. The van der Waals surface area contributed by atoms with Crippen molar-refractivity contribution >= 4 is 16.9 Å². The van der Waals surface area contributed by atoms with Crippen LogP contribution in [0, 0.1) is 0 Å². The Kier molecular flexibility index (Phi) is 5.10. The summed E-state index contributed by atoms with van der Waals surface area (Å²) in [6.45, 7) is 0. The van der Waals surface area contributed by atoms with Crippen LogP contribution in [0.4, 0.5) is 13.2 Å². The predicted molar refractivity (Wildman–Crippen MR) is 104 cm³/mol. The number of nitrogens with zero attached hydrogens (tertiary/aromatic N) is 2. The molecule has 2 heterocycles. The topological polar surface area (TPSA) is 106 Å². The minimum Gasteiger partial charge on any atom is -0.348 e. The van der Waals surface area contributed by atoms with Crippen molar-refractivity contribution in [3.05, 3.63) is 58.1 Å². The summed E-state index contributed by atoms with van der Waals surface area (Å²) in [5.74, 6) is -0.300. The van der Waals surface area contributed by atoms with Gasteiger partial charge in [0.25, 0.3) is 5.91 Å². The molecule has 158 valence electrons. The van der Waals surface area contributed by atoms with E-state index in [1.807, 2.05) is 0 Å². The van der Waals surface area contributed by atoms with Gasteiger partial charge in [0.1, 0.15) is 5.82 Å². The van der Waals surface area contributed by atoms with Crippen molar-refractivity contribution in [2.75, 3.05) is 0 Å². The zero-order chi connectivity index (χ0) is 21.5. The summed E-state index contributed by atoms with van der Waals surface area (Å²) in [5.41, 5.74) is 5.71. The standard InChI is InChI=1S/C20H20F3N5O2/c21-20(22,23)12-6-8-17(25-10-12)28-16-9-11(5-7-15(16)27-19(28)30)18(29)26-14-4-2-1-3-13(14)24/h5-10,13-14H,1-4,24H2,(H,26,29)(H,27,30)/t13-,14-/m0/s1. The number of carbonyl (C=O) groups is 1. The number of hydrogen-bond donors (Lipinski definition) is 3. The van der Waals surface area contributed by atoms with Gasteiger partial charge in [-0.15, -0.1) is 0 Å². The zero-order valence-electron chi connectivity index (χ0n) is 15.9. The molecule has 10 heteroatoms. The van der Waals surface area contributed by atoms with Crippen LogP contribution >= 0.6 is 0 Å². The normalized spacial score (nSPS) is 19.7. The van der Waals surface area contributed by atoms with Gasteiger partial charge in [0.2, 0.25) is 0 Å². The van der Waals surface area contributed by atoms with E-state index in [0.717, 1.165) is 42.4 Å². The molecule has 1 fully saturated rings. The van der Waals surface area contributed by atoms with E-state index in [4.69, 9.17) is 5.73 Å². The van der Waals surface area contributed by atoms with Crippen molar-refractivity contribution in [1.82, 2.24) is 19.9 Å². The number of carbonyl (C=O) groups excluding carboxylic acids is 1. The number of halogens is 3. The van der Waals surface area contributed by atoms with Crippen LogP contribution < -0.4 is 16.7 Å². The maximum atomic E-state index is 12.8. The first-order valence-corrected chi connectivity index (χ1v) is 9.59. The Hall–Kier alpha value is -3.14. The number of aromatic nitrogens is 3. The Balaban J connectivity index is 1.67. The van der Waals surface area contributed by atoms with E-state index in [1.54, 1.807) is 12.1 Å². The minimum atomic E-state index is -4.53. The molecule has 0 aliphatic heterocycles. The minimum absolute atomic E-state index is 0.0195. The first-order valence-electron chi connectivity index (χ1n) is 9.59. The third-order valence-corrected chi connectivity index (χ3v) is 5.39. The summed E-state index contributed by atoms with van der Waals surface area (Å²) in [6.07, 6.45) is -0.173. The van der Waals surface area contributed by atoms with Gasteiger partial charge < -0.3 is 16.0 Å². The Labute approximate surface area is 169 Å². The molecule has 30 heavy (non-hydrogen) atoms. The van der Waals surface area contributed by atoms with Crippen LogP contribution in [0.3, 0.4) is 0 Å². The largest absolute Gasteiger partial charge is 0.417 e. The van der Waals surface area contributed by atoms with Gasteiger partial charge in [-0.2, -0.15) is 13.2 Å². The van der Waals surface area contributed by atoms with Crippen molar-refractivity contribution in [2.45, 2.75) is 43.9 Å². The highest BCUT2D eigenvalue weighted by atomic mass is 19.4. The molecule has 0 bridgehead atoms. The lowest BCUT2D eigenvalue weighted by atomic mass is 9.91. The number of benzene rings is 1. The SMILES string of the molecule is N[C@H]1CCCC[C@@H]1NC(=O)c1ccc2[nH]c(=O)n(-c3ccc(C(F)(F)F)cn3)c2c1. The lowest BCUT2D eigenvalue weighted by molar-refractivity contribution is -0.137. The number of pyridine rings is 1. The summed E-state index contributed by atoms with van der Waals surface area (Å²) >= 11 is 0. The molecule has 1 saturated carbocycles. The van der Waals surface area contributed by atoms with E-state index in [1.165, 1.54) is 6.07 Å². The van der Waals surface area contributed by atoms with Gasteiger partial charge >= 0.3 is 11.9 Å². The second-order valence-corrected chi connectivity index (χ2v) is 7.43. The summed E-state index contributed by atoms with van der Waals surface area (Å²) in [4.78, 5) is 31.5. The molecule has 2 aromatic heterocycles. The second kappa shape index (κ2) is 7.60. The Morgan fingerprint density at radius 2 is 1.97 bits per heavy atom. The molecule has 0 radical (unpaired) electrons. The fourth-order valence-corrected chi connectivity index (χ4v) is 3.75. The van der Waals surface area contributed by atoms with Crippen LogP contribution in [-0.2, 0) is 6.18 Å². The molecule has 0 unspecified atom stereocenters. The molecule has 4 N–H and O–H groups in total. The number of rotatable bonds is 3. The Bertz CT molecular complexity index is 1130. The number of nitrogens with two attached hydrogens (primary N) is 1. The monoisotopic (exact) mass is 419 g/mol. The highest BCUT2D eigenvalue weighted by Crippen LogP contribution is 2.29. The molecule has 4 rings (SSSR count). The summed E-state index contributed by atoms with van der Waals surface area (Å²) in [7, 11) is 0. The molecule has 2 atom stereocenters. The second-order valence-electron chi connectivity index (χ2n) is 7.43. The lowest BCUT2D eigenvalue weighted by Gasteiger charge is -2.29. The van der Waals surface area contributed by atoms with Crippen LogP contribution in [0.5, 0.6) is 0 Å². The number of imidazole rings is 1. The van der Waals surface area contributed by atoms with Gasteiger partial charge in [0.15, 0.2) is 0 Å². The molecule has 7 nitrogen and oxygen atoms in total. The van der Waals surface area contributed by atoms with E-state index >= 15 is 0 Å². The molecule has 0 spiro atoms. The number of hydrogen-bond acceptors (Lipinski definition) is 4. The van der Waals surface area contributed by atoms with Crippen LogP contribution in [-0.4, -0.2) is 32.5 Å². The van der Waals surface area contributed by atoms with Crippen molar-refractivity contribution in [3.63, 3.8) is 0 Å². The Morgan fingerprint density at radius 1 is 1.20 bits per heavy atom. The van der Waals surface area contributed by atoms with Crippen LogP contribution in [0.15, 0.2) is 41.3 Å². The van der Waals surface area contributed by atoms with Crippen molar-refractivity contribution in [1.29, 1.82) is 0 Å². The van der Waals surface area contributed by atoms with E-state index in [2.05, 4.69) is 15.3 Å². The van der Waals surface area contributed by atoms with Crippen molar-refractivity contribution < 1.29 is 18.0 Å². The molecule has 1 aliphatic carbocycles. The fourth-order valence-electron chi connectivity index (χ4n) is 3.75. The summed E-state index contributed by atoms with van der Waals surface area (Å²) in [5, 5.41) is 2.94. The third kappa shape index (κ3) is 3.82. The average molecular weight is 419 g/mol. The summed E-state index contributed by atoms with van der Waals surface area (Å²) < 4.78 is 39.5. The van der Waals surface area contributed by atoms with Crippen molar-refractivity contribution in [3.8, 4) is 5.82 Å². The first kappa shape index (κ1) is 20.1. The molecular formula is C20H20F3N5O2. The number of fused-ring (bicyclic) bond motifs is 1. The molecule has 0 saturated heterocycles. The van der Waals surface area contributed by atoms with Gasteiger partial charge in [-0.05, 0) is 43.2 Å². The Morgan fingerprint density at radius 3 is 2.63 bits per heavy atom. The number of alkyl halides is 3. The van der Waals surface area contributed by atoms with Gasteiger partial charge in [-0.25, -0.2) is 14.3 Å². The number of amides is 1. The van der Waals surface area contributed by atoms with Crippen LogP contribution in [0.1, 0.15) is 41.6 Å². The lowest BCUT2D eigenvalue weighted by Crippen LogP contribution is -2.49. The van der Waals surface area contributed by atoms with Gasteiger partial charge in [-0.1, -0.05) is 12.8 Å². The summed E-state index contributed by atoms with van der Waals surface area (Å²) in [6, 6.07) is 6.41. The maximum Gasteiger partial charge on any atom is 0.417 e. The zero-order valence-corrected chi connectivity index (χ0v) is 15.9. The third-order valence-electron chi connectivity index (χ3n) is 5.39. The highest BCUT2D eigenvalue weighted by Gasteiger charge is 2.31. The fraction of sp³-hybridized carbons (Fsp3) is 0.350. The van der Waals surface area contributed by atoms with E-state index in [-0.39, 0.29) is 23.8 Å². The number of H-pyrrole nitrogens is 1. The molecular weight excluding hydrogens is 399 g/mol. The van der Waals surface area contributed by atoms with Gasteiger partial charge in [0, 0.05) is 23.8 Å². The first-order chi connectivity index (χ1) is 14.2. The van der Waals surface area contributed by atoms with Crippen molar-refractivity contribution in [2.24, 2.45) is 5.73 Å². The quantitative estimate of drug-likeness (QED) is 0.607. The van der Waals surface area contributed by atoms with Gasteiger partial charge in [-0.3, -0.25) is 4.79 Å². The predicted octanol–water partition coefficient (Wildman–Crippen LogP) is 2.73. The van der Waals surface area contributed by atoms with E-state index < -0.39 is 17.4 Å². The van der Waals surface area contributed by atoms with Crippen LogP contribution in [0.25, 0.3) is 16.9 Å². The average Bonchev–Trinajstić information content (AvgIpc) is 3.04. The highest BCUT2D eigenvalue weighted by molar-refractivity contribution is 5.97. The molecule has 1 amide bonds. The van der Waals surface area contributed by atoms with Gasteiger partial charge in [0.05, 0.1) is 16.6 Å². The number of aromatic amines is 1. The maximum absolute atomic E-state index is 12.8. The molecule has 3 aromatic rings. The number of nitrogens with one attached hydrogen (secondary N) is 2. The van der Waals surface area contributed by atoms with E-state index in [0.29, 0.717) is 22.8 Å². The smallest absolute Gasteiger partial charge is 0.348 e.